The van der Waals surface area contributed by atoms with Crippen LogP contribution in [-0.4, -0.2) is 138 Å². The summed E-state index contributed by atoms with van der Waals surface area (Å²) < 4.78 is 96.1. The Morgan fingerprint density at radius 1 is 0.586 bits per heavy atom. The van der Waals surface area contributed by atoms with Crippen LogP contribution in [0.4, 0.5) is 43.6 Å². The summed E-state index contributed by atoms with van der Waals surface area (Å²) in [5.41, 5.74) is -0.309. The molecule has 0 bridgehead atoms. The molecule has 0 spiro atoms. The zero-order chi connectivity index (χ0) is 62.0. The van der Waals surface area contributed by atoms with Gasteiger partial charge < -0.3 is 43.7 Å². The van der Waals surface area contributed by atoms with Gasteiger partial charge in [0.05, 0.1) is 49.8 Å². The van der Waals surface area contributed by atoms with E-state index in [0.717, 1.165) is 23.5 Å². The molecule has 4 unspecified atom stereocenters. The SMILES string of the molecule is CC(C)(C)OC(=O)OC1C(CO)O[C@@H](n2cc(-c3cn(Cc4ccccc4)nn3)c(NC(=O)OCc3ccccc3)nc2=O)C1(F)F.O=C(Nc1nc(=O)n([C@@H]2OC(CO)C(O)C2(F)F)cc1-c1cn(Cc2ccccc2)nn1)OCc1ccccc1. The number of rotatable bonds is 17. The number of ether oxygens (including phenoxy) is 6. The summed E-state index contributed by atoms with van der Waals surface area (Å²) in [6.07, 6.45) is -11.2. The minimum absolute atomic E-state index is 0.0445. The van der Waals surface area contributed by atoms with Crippen LogP contribution in [-0.2, 0) is 54.7 Å². The molecule has 30 heteroatoms. The lowest BCUT2D eigenvalue weighted by molar-refractivity contribution is -0.149. The fraction of sp³-hybridized carbons (Fsp3) is 0.316. The summed E-state index contributed by atoms with van der Waals surface area (Å²) in [6.45, 7) is 3.12. The highest BCUT2D eigenvalue weighted by Gasteiger charge is 2.63. The number of halogens is 4. The average Bonchev–Trinajstić information content (AvgIpc) is 2.29. The van der Waals surface area contributed by atoms with E-state index in [0.29, 0.717) is 33.4 Å². The monoisotopic (exact) mass is 1210 g/mol. The van der Waals surface area contributed by atoms with Crippen molar-refractivity contribution in [3.05, 3.63) is 189 Å². The van der Waals surface area contributed by atoms with Gasteiger partial charge >= 0.3 is 41.6 Å². The zero-order valence-electron chi connectivity index (χ0n) is 46.4. The lowest BCUT2D eigenvalue weighted by Crippen LogP contribution is -2.45. The van der Waals surface area contributed by atoms with Crippen LogP contribution in [0.25, 0.3) is 22.5 Å². The predicted octanol–water partition coefficient (Wildman–Crippen LogP) is 6.33. The van der Waals surface area contributed by atoms with Gasteiger partial charge in [0.2, 0.25) is 18.6 Å². The molecular formula is C57H56F4N12O14. The highest BCUT2D eigenvalue weighted by Crippen LogP contribution is 2.45. The molecule has 4 aromatic carbocycles. The molecule has 0 radical (unpaired) electrons. The van der Waals surface area contributed by atoms with E-state index in [1.54, 1.807) is 60.7 Å². The second-order valence-electron chi connectivity index (χ2n) is 20.5. The second kappa shape index (κ2) is 26.7. The predicted molar refractivity (Wildman–Crippen MR) is 296 cm³/mol. The molecule has 6 atom stereocenters. The van der Waals surface area contributed by atoms with E-state index >= 15 is 8.78 Å². The molecule has 8 aromatic rings. The molecule has 0 aliphatic carbocycles. The van der Waals surface area contributed by atoms with Gasteiger partial charge in [-0.25, -0.2) is 33.3 Å². The van der Waals surface area contributed by atoms with Crippen LogP contribution in [0.5, 0.6) is 0 Å². The summed E-state index contributed by atoms with van der Waals surface area (Å²) in [5.74, 6) is -8.66. The van der Waals surface area contributed by atoms with Crippen molar-refractivity contribution >= 4 is 30.0 Å². The van der Waals surface area contributed by atoms with Gasteiger partial charge in [-0.1, -0.05) is 132 Å². The van der Waals surface area contributed by atoms with E-state index in [1.165, 1.54) is 42.5 Å². The number of nitrogens with zero attached hydrogens (tertiary/aromatic N) is 10. The highest BCUT2D eigenvalue weighted by molar-refractivity contribution is 5.89. The Labute approximate surface area is 490 Å². The van der Waals surface area contributed by atoms with Crippen LogP contribution in [0.3, 0.4) is 0 Å². The van der Waals surface area contributed by atoms with Crippen molar-refractivity contribution in [2.75, 3.05) is 23.8 Å². The Morgan fingerprint density at radius 2 is 0.977 bits per heavy atom. The van der Waals surface area contributed by atoms with Crippen molar-refractivity contribution in [2.45, 2.75) is 101 Å². The Hall–Kier alpha value is -9.75. The third kappa shape index (κ3) is 15.0. The molecule has 2 fully saturated rings. The number of alkyl halides is 4. The van der Waals surface area contributed by atoms with Crippen molar-refractivity contribution in [3.8, 4) is 22.5 Å². The van der Waals surface area contributed by atoms with Gasteiger partial charge in [0.1, 0.15) is 42.4 Å². The molecule has 5 N–H and O–H groups in total. The number of anilines is 2. The van der Waals surface area contributed by atoms with Gasteiger partial charge in [-0.05, 0) is 43.0 Å². The second-order valence-corrected chi connectivity index (χ2v) is 20.5. The fourth-order valence-corrected chi connectivity index (χ4v) is 8.85. The molecule has 6 heterocycles. The lowest BCUT2D eigenvalue weighted by Gasteiger charge is -2.26. The van der Waals surface area contributed by atoms with E-state index in [-0.39, 0.29) is 47.4 Å². The first-order valence-corrected chi connectivity index (χ1v) is 26.6. The van der Waals surface area contributed by atoms with E-state index < -0.39 is 97.3 Å². The van der Waals surface area contributed by atoms with Gasteiger partial charge in [0.15, 0.2) is 17.7 Å². The molecule has 2 aliphatic rings. The smallest absolute Gasteiger partial charge is 0.444 e. The summed E-state index contributed by atoms with van der Waals surface area (Å²) in [7, 11) is 0. The standard InChI is InChI=1S/C31H32F2N6O8.C26H24F2N6O6/c1-30(2,3)47-29(43)46-24-23(17-40)45-26(31(24,32)33)39-15-21(22-16-38(37-36-22)14-19-10-6-4-7-11-19)25(34-27(39)41)35-28(42)44-18-20-12-8-5-9-13-20;27-26(28)21(36)20(14-35)40-23(26)34-12-18(19-13-33(32-31-19)11-16-7-3-1-4-8-16)22(29-24(34)37)30-25(38)39-15-17-9-5-2-6-10-17/h4-13,15-16,23-24,26,40H,14,17-18H2,1-3H3,(H,34,35,41,42);1-10,12-13,20-21,23,35-36H,11,14-15H2,(H,29,30,37,38)/t23?,24?,26-;20?,21?,23-/m11/s1. The van der Waals surface area contributed by atoms with Crippen molar-refractivity contribution in [1.82, 2.24) is 49.1 Å². The van der Waals surface area contributed by atoms with Gasteiger partial charge in [-0.3, -0.25) is 19.8 Å². The number of aromatic nitrogens is 10. The molecule has 456 valence electrons. The molecule has 26 nitrogen and oxygen atoms in total. The van der Waals surface area contributed by atoms with E-state index in [9.17, 15) is 48.1 Å². The zero-order valence-corrected chi connectivity index (χ0v) is 46.4. The number of aliphatic hydroxyl groups is 3. The van der Waals surface area contributed by atoms with Crippen LogP contribution in [0.2, 0.25) is 0 Å². The number of amides is 2. The molecule has 10 rings (SSSR count). The molecule has 2 saturated heterocycles. The molecular weight excluding hydrogens is 1150 g/mol. The van der Waals surface area contributed by atoms with Crippen LogP contribution >= 0.6 is 0 Å². The Balaban J connectivity index is 0.000000210. The number of hydrogen-bond acceptors (Lipinski definition) is 20. The average molecular weight is 1210 g/mol. The number of carbonyl (C=O) groups excluding carboxylic acids is 3. The third-order valence-electron chi connectivity index (χ3n) is 13.0. The largest absolute Gasteiger partial charge is 0.509 e. The Bertz CT molecular complexity index is 3780. The molecule has 2 amide bonds. The molecule has 4 aromatic heterocycles. The van der Waals surface area contributed by atoms with E-state index in [4.69, 9.17) is 28.4 Å². The van der Waals surface area contributed by atoms with Crippen LogP contribution < -0.4 is 22.0 Å². The van der Waals surface area contributed by atoms with Crippen molar-refractivity contribution < 1.29 is 75.7 Å². The summed E-state index contributed by atoms with van der Waals surface area (Å²) in [6, 6.07) is 36.2. The summed E-state index contributed by atoms with van der Waals surface area (Å²) in [4.78, 5) is 71.3. The maximum Gasteiger partial charge on any atom is 0.509 e. The maximum absolute atomic E-state index is 15.8. The van der Waals surface area contributed by atoms with Crippen LogP contribution in [0, 0.1) is 0 Å². The minimum atomic E-state index is -4.05. The topological polar surface area (TPSA) is 323 Å². The fourth-order valence-electron chi connectivity index (χ4n) is 8.85. The number of benzene rings is 4. The Morgan fingerprint density at radius 3 is 1.37 bits per heavy atom. The quantitative estimate of drug-likeness (QED) is 0.0378. The summed E-state index contributed by atoms with van der Waals surface area (Å²) >= 11 is 0. The van der Waals surface area contributed by atoms with Crippen molar-refractivity contribution in [1.29, 1.82) is 0 Å². The normalized spacial score (nSPS) is 19.3. The number of carbonyl (C=O) groups is 3. The van der Waals surface area contributed by atoms with E-state index in [1.807, 2.05) is 60.7 Å². The molecule has 2 aliphatic heterocycles. The van der Waals surface area contributed by atoms with Gasteiger partial charge in [0, 0.05) is 12.4 Å². The Kier molecular flexibility index (Phi) is 18.9. The number of aliphatic hydroxyl groups excluding tert-OH is 3. The van der Waals surface area contributed by atoms with E-state index in [2.05, 4.69) is 41.2 Å². The van der Waals surface area contributed by atoms with Crippen molar-refractivity contribution in [2.24, 2.45) is 0 Å². The van der Waals surface area contributed by atoms with Gasteiger partial charge in [0.25, 0.3) is 0 Å². The first kappa shape index (κ1) is 61.8. The third-order valence-corrected chi connectivity index (χ3v) is 13.0. The number of nitrogens with one attached hydrogen (secondary N) is 2. The van der Waals surface area contributed by atoms with Crippen LogP contribution in [0.15, 0.2) is 156 Å². The highest BCUT2D eigenvalue weighted by atomic mass is 19.3. The van der Waals surface area contributed by atoms with Crippen molar-refractivity contribution in [3.63, 3.8) is 0 Å². The maximum atomic E-state index is 15.8. The minimum Gasteiger partial charge on any atom is -0.444 e. The van der Waals surface area contributed by atoms with Gasteiger partial charge in [-0.15, -0.1) is 10.2 Å². The number of hydrogen-bond donors (Lipinski definition) is 5. The lowest BCUT2D eigenvalue weighted by atomic mass is 10.1. The molecule has 0 saturated carbocycles. The van der Waals surface area contributed by atoms with Gasteiger partial charge in [-0.2, -0.15) is 27.5 Å². The first-order valence-electron chi connectivity index (χ1n) is 26.6. The molecule has 87 heavy (non-hydrogen) atoms. The summed E-state index contributed by atoms with van der Waals surface area (Å²) in [5, 5.41) is 50.1. The van der Waals surface area contributed by atoms with Crippen LogP contribution in [0.1, 0.15) is 55.5 Å². The first-order chi connectivity index (χ1) is 41.6.